The number of imidazole rings is 1. The van der Waals surface area contributed by atoms with E-state index in [1.54, 1.807) is 24.6 Å². The molecule has 3 aromatic rings. The number of hydrogen-bond donors (Lipinski definition) is 4. The average molecular weight is 852 g/mol. The van der Waals surface area contributed by atoms with Gasteiger partial charge < -0.3 is 35.4 Å². The van der Waals surface area contributed by atoms with E-state index in [4.69, 9.17) is 9.82 Å². The molecular formula is C43H55F2N7O9. The Kier molecular flexibility index (Phi) is 16.8. The number of amides is 6. The standard InChI is InChI=1S/C43H55F2N7O9/c1-26(2)38(49-33(54)14-10-15-37(58)61-52-34(55)18-19-35(52)56)42(60)47-27(3)41(59)46-20-11-21-51(36(57)25-53)39(43(4,5)6)40-48-32(30-22-29(44)16-17-31(30)45)24-50(40)23-28-12-8-7-9-13-28/h7-9,12-13,16-17,22,24,26-27,38-39,53H,10-11,14-15,18-21,23,25H2,1-6H3,(H,46,59)(H,47,60)(H,49,54). The number of carbonyl (C=O) groups is 7. The minimum absolute atomic E-state index is 0.0246. The van der Waals surface area contributed by atoms with Gasteiger partial charge in [0.15, 0.2) is 0 Å². The number of rotatable bonds is 20. The Morgan fingerprint density at radius 3 is 2.21 bits per heavy atom. The summed E-state index contributed by atoms with van der Waals surface area (Å²) in [4.78, 5) is 98.9. The maximum absolute atomic E-state index is 15.0. The summed E-state index contributed by atoms with van der Waals surface area (Å²) in [6.07, 6.45) is 1.36. The van der Waals surface area contributed by atoms with E-state index in [-0.39, 0.29) is 68.8 Å². The van der Waals surface area contributed by atoms with Crippen LogP contribution in [0.4, 0.5) is 8.78 Å². The Balaban J connectivity index is 1.38. The molecule has 0 spiro atoms. The van der Waals surface area contributed by atoms with Gasteiger partial charge in [0.25, 0.3) is 11.8 Å². The quantitative estimate of drug-likeness (QED) is 0.0957. The molecule has 1 aliphatic rings. The molecule has 61 heavy (non-hydrogen) atoms. The predicted molar refractivity (Wildman–Crippen MR) is 217 cm³/mol. The summed E-state index contributed by atoms with van der Waals surface area (Å²) in [5, 5.41) is 18.5. The van der Waals surface area contributed by atoms with Crippen molar-refractivity contribution in [2.45, 2.75) is 105 Å². The zero-order valence-electron chi connectivity index (χ0n) is 35.3. The molecule has 1 saturated heterocycles. The number of halogens is 2. The highest BCUT2D eigenvalue weighted by atomic mass is 19.1. The molecule has 0 radical (unpaired) electrons. The van der Waals surface area contributed by atoms with Crippen molar-refractivity contribution in [1.29, 1.82) is 0 Å². The molecule has 4 N–H and O–H groups in total. The molecule has 6 amide bonds. The average Bonchev–Trinajstić information content (AvgIpc) is 3.75. The van der Waals surface area contributed by atoms with Crippen LogP contribution in [-0.4, -0.2) is 97.8 Å². The summed E-state index contributed by atoms with van der Waals surface area (Å²) in [5.41, 5.74) is 0.290. The molecule has 330 valence electrons. The fourth-order valence-corrected chi connectivity index (χ4v) is 6.82. The first-order valence-electron chi connectivity index (χ1n) is 20.2. The van der Waals surface area contributed by atoms with E-state index in [1.807, 2.05) is 51.1 Å². The van der Waals surface area contributed by atoms with Crippen molar-refractivity contribution in [1.82, 2.24) is 35.5 Å². The molecule has 4 rings (SSSR count). The lowest BCUT2D eigenvalue weighted by molar-refractivity contribution is -0.197. The molecule has 2 aromatic carbocycles. The predicted octanol–water partition coefficient (Wildman–Crippen LogP) is 3.71. The molecular weight excluding hydrogens is 797 g/mol. The third-order valence-corrected chi connectivity index (χ3v) is 9.92. The summed E-state index contributed by atoms with van der Waals surface area (Å²) >= 11 is 0. The molecule has 0 saturated carbocycles. The zero-order chi connectivity index (χ0) is 45.0. The number of imide groups is 1. The molecule has 1 aliphatic heterocycles. The molecule has 18 heteroatoms. The van der Waals surface area contributed by atoms with Gasteiger partial charge in [-0.2, -0.15) is 0 Å². The highest BCUT2D eigenvalue weighted by Crippen LogP contribution is 2.39. The van der Waals surface area contributed by atoms with E-state index in [1.165, 1.54) is 11.8 Å². The van der Waals surface area contributed by atoms with Crippen molar-refractivity contribution in [3.63, 3.8) is 0 Å². The number of aliphatic hydroxyl groups excluding tert-OH is 1. The van der Waals surface area contributed by atoms with E-state index in [2.05, 4.69) is 16.0 Å². The summed E-state index contributed by atoms with van der Waals surface area (Å²) in [7, 11) is 0. The first-order valence-corrected chi connectivity index (χ1v) is 20.2. The van der Waals surface area contributed by atoms with Crippen LogP contribution in [-0.2, 0) is 44.9 Å². The van der Waals surface area contributed by atoms with Gasteiger partial charge in [-0.3, -0.25) is 28.8 Å². The fourth-order valence-electron chi connectivity index (χ4n) is 6.82. The zero-order valence-corrected chi connectivity index (χ0v) is 35.3. The van der Waals surface area contributed by atoms with Gasteiger partial charge in [0.2, 0.25) is 23.6 Å². The van der Waals surface area contributed by atoms with Crippen LogP contribution in [0.1, 0.15) is 97.5 Å². The lowest BCUT2D eigenvalue weighted by Gasteiger charge is -2.40. The number of aromatic nitrogens is 2. The summed E-state index contributed by atoms with van der Waals surface area (Å²) in [5.74, 6) is -5.72. The Bertz CT molecular complexity index is 2050. The molecule has 3 unspecified atom stereocenters. The summed E-state index contributed by atoms with van der Waals surface area (Å²) in [6.45, 7) is 10.1. The molecule has 2 heterocycles. The molecule has 16 nitrogen and oxygen atoms in total. The lowest BCUT2D eigenvalue weighted by atomic mass is 9.84. The van der Waals surface area contributed by atoms with E-state index in [9.17, 15) is 43.1 Å². The number of hydroxylamine groups is 2. The number of aliphatic hydroxyl groups is 1. The maximum Gasteiger partial charge on any atom is 0.333 e. The van der Waals surface area contributed by atoms with Crippen LogP contribution in [0.25, 0.3) is 11.3 Å². The minimum Gasteiger partial charge on any atom is -0.387 e. The van der Waals surface area contributed by atoms with Crippen molar-refractivity contribution in [2.75, 3.05) is 19.7 Å². The molecule has 0 bridgehead atoms. The monoisotopic (exact) mass is 851 g/mol. The smallest absolute Gasteiger partial charge is 0.333 e. The van der Waals surface area contributed by atoms with Gasteiger partial charge in [0.1, 0.15) is 36.1 Å². The highest BCUT2D eigenvalue weighted by molar-refractivity contribution is 6.01. The van der Waals surface area contributed by atoms with Crippen molar-refractivity contribution >= 4 is 41.4 Å². The van der Waals surface area contributed by atoms with Gasteiger partial charge in [0.05, 0.1) is 11.7 Å². The number of carbonyl (C=O) groups excluding carboxylic acids is 7. The highest BCUT2D eigenvalue weighted by Gasteiger charge is 2.38. The summed E-state index contributed by atoms with van der Waals surface area (Å²) < 4.78 is 31.1. The Morgan fingerprint density at radius 1 is 0.918 bits per heavy atom. The van der Waals surface area contributed by atoms with Crippen molar-refractivity contribution < 1.29 is 52.3 Å². The number of nitrogens with zero attached hydrogens (tertiary/aromatic N) is 4. The van der Waals surface area contributed by atoms with Crippen LogP contribution >= 0.6 is 0 Å². The third kappa shape index (κ3) is 13.2. The van der Waals surface area contributed by atoms with Gasteiger partial charge in [-0.15, -0.1) is 5.06 Å². The normalized spacial score (nSPS) is 14.4. The number of nitrogens with one attached hydrogen (secondary N) is 3. The van der Waals surface area contributed by atoms with E-state index in [0.29, 0.717) is 17.4 Å². The molecule has 1 aromatic heterocycles. The Labute approximate surface area is 353 Å². The van der Waals surface area contributed by atoms with Crippen molar-refractivity contribution in [3.05, 3.63) is 77.8 Å². The van der Waals surface area contributed by atoms with Gasteiger partial charge in [-0.1, -0.05) is 65.0 Å². The van der Waals surface area contributed by atoms with Crippen LogP contribution in [0.3, 0.4) is 0 Å². The van der Waals surface area contributed by atoms with Gasteiger partial charge in [0, 0.05) is 57.1 Å². The second kappa shape index (κ2) is 21.5. The first-order chi connectivity index (χ1) is 28.8. The maximum atomic E-state index is 15.0. The van der Waals surface area contributed by atoms with Crippen LogP contribution in [0.5, 0.6) is 0 Å². The van der Waals surface area contributed by atoms with Gasteiger partial charge in [-0.25, -0.2) is 18.6 Å². The Hall–Kier alpha value is -6.04. The molecule has 1 fully saturated rings. The number of benzene rings is 2. The van der Waals surface area contributed by atoms with Crippen LogP contribution in [0.15, 0.2) is 54.7 Å². The van der Waals surface area contributed by atoms with Crippen molar-refractivity contribution in [3.8, 4) is 11.3 Å². The third-order valence-electron chi connectivity index (χ3n) is 9.92. The largest absolute Gasteiger partial charge is 0.387 e. The lowest BCUT2D eigenvalue weighted by Crippen LogP contribution is -2.54. The van der Waals surface area contributed by atoms with E-state index < -0.39 is 83.2 Å². The van der Waals surface area contributed by atoms with Crippen LogP contribution in [0.2, 0.25) is 0 Å². The molecule has 3 atom stereocenters. The minimum atomic E-state index is -1.03. The van der Waals surface area contributed by atoms with E-state index >= 15 is 4.39 Å². The second-order valence-corrected chi connectivity index (χ2v) is 16.3. The first kappa shape index (κ1) is 47.6. The number of hydrogen-bond acceptors (Lipinski definition) is 10. The SMILES string of the molecule is CC(NC(=O)C(NC(=O)CCCC(=O)ON1C(=O)CCC1=O)C(C)C)C(=O)NCCCN(C(=O)CO)C(c1nc(-c2cc(F)ccc2F)cn1Cc1ccccc1)C(C)(C)C. The summed E-state index contributed by atoms with van der Waals surface area (Å²) in [6, 6.07) is 9.66. The van der Waals surface area contributed by atoms with E-state index in [0.717, 1.165) is 23.8 Å². The van der Waals surface area contributed by atoms with Gasteiger partial charge in [-0.05, 0) is 54.9 Å². The Morgan fingerprint density at radius 2 is 1.59 bits per heavy atom. The van der Waals surface area contributed by atoms with Crippen LogP contribution in [0, 0.1) is 23.0 Å². The topological polar surface area (TPSA) is 209 Å². The van der Waals surface area contributed by atoms with Gasteiger partial charge >= 0.3 is 5.97 Å². The molecule has 0 aliphatic carbocycles. The second-order valence-electron chi connectivity index (χ2n) is 16.3. The van der Waals surface area contributed by atoms with Crippen molar-refractivity contribution in [2.24, 2.45) is 11.3 Å². The fraction of sp³-hybridized carbons (Fsp3) is 0.488. The van der Waals surface area contributed by atoms with Crippen LogP contribution < -0.4 is 16.0 Å².